The van der Waals surface area contributed by atoms with Gasteiger partial charge in [-0.1, -0.05) is 17.7 Å². The minimum Gasteiger partial charge on any atom is -0.344 e. The van der Waals surface area contributed by atoms with Crippen LogP contribution in [-0.2, 0) is 6.54 Å². The summed E-state index contributed by atoms with van der Waals surface area (Å²) in [6.07, 6.45) is 1.16. The third-order valence-electron chi connectivity index (χ3n) is 3.33. The quantitative estimate of drug-likeness (QED) is 0.787. The van der Waals surface area contributed by atoms with E-state index in [1.807, 2.05) is 12.1 Å². The molecule has 0 bridgehead atoms. The second-order valence-corrected chi connectivity index (χ2v) is 4.52. The van der Waals surface area contributed by atoms with Crippen molar-refractivity contribution in [1.29, 1.82) is 0 Å². The summed E-state index contributed by atoms with van der Waals surface area (Å²) in [7, 11) is 0. The Morgan fingerprint density at radius 2 is 2.33 bits per heavy atom. The van der Waals surface area contributed by atoms with E-state index in [1.54, 1.807) is 0 Å². The highest BCUT2D eigenvalue weighted by Crippen LogP contribution is 2.35. The number of benzene rings is 1. The van der Waals surface area contributed by atoms with Crippen molar-refractivity contribution in [3.05, 3.63) is 35.0 Å². The first-order valence-electron chi connectivity index (χ1n) is 5.29. The second kappa shape index (κ2) is 3.26. The van der Waals surface area contributed by atoms with Crippen molar-refractivity contribution in [2.24, 2.45) is 5.73 Å². The van der Waals surface area contributed by atoms with E-state index in [1.165, 1.54) is 11.2 Å². The summed E-state index contributed by atoms with van der Waals surface area (Å²) in [5.41, 5.74) is 8.35. The summed E-state index contributed by atoms with van der Waals surface area (Å²) in [5, 5.41) is 2.00. The maximum absolute atomic E-state index is 6.17. The van der Waals surface area contributed by atoms with Crippen molar-refractivity contribution in [3.63, 3.8) is 0 Å². The molecule has 0 amide bonds. The average Bonchev–Trinajstić information content (AvgIpc) is 2.77. The van der Waals surface area contributed by atoms with Crippen LogP contribution in [0.15, 0.2) is 24.3 Å². The number of rotatable bonds is 1. The molecule has 1 aliphatic heterocycles. The van der Waals surface area contributed by atoms with Gasteiger partial charge in [0.05, 0.1) is 0 Å². The van der Waals surface area contributed by atoms with Gasteiger partial charge in [0.25, 0.3) is 0 Å². The second-order valence-electron chi connectivity index (χ2n) is 4.11. The van der Waals surface area contributed by atoms with Gasteiger partial charge in [0.15, 0.2) is 0 Å². The molecule has 1 aromatic heterocycles. The van der Waals surface area contributed by atoms with Gasteiger partial charge in [0.2, 0.25) is 0 Å². The smallest absolute Gasteiger partial charge is 0.0499 e. The number of aryl methyl sites for hydroxylation is 1. The Balaban J connectivity index is 2.29. The topological polar surface area (TPSA) is 30.9 Å². The Morgan fingerprint density at radius 1 is 1.47 bits per heavy atom. The first-order chi connectivity index (χ1) is 7.31. The van der Waals surface area contributed by atoms with Crippen LogP contribution < -0.4 is 5.73 Å². The molecule has 3 heteroatoms. The lowest BCUT2D eigenvalue weighted by Crippen LogP contribution is -2.08. The van der Waals surface area contributed by atoms with Crippen LogP contribution in [0.3, 0.4) is 0 Å². The lowest BCUT2D eigenvalue weighted by molar-refractivity contribution is 0.673. The van der Waals surface area contributed by atoms with Crippen LogP contribution in [0.25, 0.3) is 10.9 Å². The molecule has 1 unspecified atom stereocenters. The highest BCUT2D eigenvalue weighted by atomic mass is 35.5. The van der Waals surface area contributed by atoms with Crippen molar-refractivity contribution < 1.29 is 0 Å². The lowest BCUT2D eigenvalue weighted by atomic mass is 10.0. The van der Waals surface area contributed by atoms with Crippen molar-refractivity contribution in [2.75, 3.05) is 6.54 Å². The molecule has 0 saturated carbocycles. The molecular weight excluding hydrogens is 208 g/mol. The molecule has 0 spiro atoms. The monoisotopic (exact) mass is 220 g/mol. The van der Waals surface area contributed by atoms with Crippen LogP contribution >= 0.6 is 11.6 Å². The highest BCUT2D eigenvalue weighted by Gasteiger charge is 2.23. The van der Waals surface area contributed by atoms with E-state index in [0.29, 0.717) is 5.92 Å². The van der Waals surface area contributed by atoms with Gasteiger partial charge in [-0.15, -0.1) is 0 Å². The van der Waals surface area contributed by atoms with E-state index in [2.05, 4.69) is 16.7 Å². The van der Waals surface area contributed by atoms with Gasteiger partial charge in [-0.05, 0) is 24.6 Å². The van der Waals surface area contributed by atoms with Crippen LogP contribution in [0.2, 0.25) is 5.02 Å². The van der Waals surface area contributed by atoms with Gasteiger partial charge in [-0.3, -0.25) is 0 Å². The molecular formula is C12H13ClN2. The minimum atomic E-state index is 0.508. The highest BCUT2D eigenvalue weighted by molar-refractivity contribution is 6.35. The SMILES string of the molecule is NCC1CCn2c1cc1c(Cl)cccc12. The third-order valence-corrected chi connectivity index (χ3v) is 3.66. The summed E-state index contributed by atoms with van der Waals surface area (Å²) in [6, 6.07) is 8.27. The molecule has 2 heterocycles. The van der Waals surface area contributed by atoms with Gasteiger partial charge in [-0.2, -0.15) is 0 Å². The Kier molecular flexibility index (Phi) is 2.01. The van der Waals surface area contributed by atoms with Crippen molar-refractivity contribution in [3.8, 4) is 0 Å². The molecule has 3 rings (SSSR count). The van der Waals surface area contributed by atoms with E-state index < -0.39 is 0 Å². The predicted octanol–water partition coefficient (Wildman–Crippen LogP) is 2.74. The Hall–Kier alpha value is -0.990. The zero-order chi connectivity index (χ0) is 10.4. The largest absolute Gasteiger partial charge is 0.344 e. The van der Waals surface area contributed by atoms with Crippen LogP contribution in [-0.4, -0.2) is 11.1 Å². The summed E-state index contributed by atoms with van der Waals surface area (Å²) >= 11 is 6.17. The Morgan fingerprint density at radius 3 is 3.13 bits per heavy atom. The molecule has 0 radical (unpaired) electrons. The lowest BCUT2D eigenvalue weighted by Gasteiger charge is -2.02. The zero-order valence-corrected chi connectivity index (χ0v) is 9.17. The van der Waals surface area contributed by atoms with E-state index in [4.69, 9.17) is 17.3 Å². The zero-order valence-electron chi connectivity index (χ0n) is 8.41. The summed E-state index contributed by atoms with van der Waals surface area (Å²) in [5.74, 6) is 0.508. The van der Waals surface area contributed by atoms with Crippen molar-refractivity contribution in [2.45, 2.75) is 18.9 Å². The van der Waals surface area contributed by atoms with Crippen LogP contribution in [0.1, 0.15) is 18.0 Å². The summed E-state index contributed by atoms with van der Waals surface area (Å²) < 4.78 is 2.35. The number of fused-ring (bicyclic) bond motifs is 3. The molecule has 1 aliphatic rings. The normalized spacial score (nSPS) is 19.7. The van der Waals surface area contributed by atoms with E-state index >= 15 is 0 Å². The summed E-state index contributed by atoms with van der Waals surface area (Å²) in [4.78, 5) is 0. The number of hydrogen-bond acceptors (Lipinski definition) is 1. The summed E-state index contributed by atoms with van der Waals surface area (Å²) in [6.45, 7) is 1.80. The van der Waals surface area contributed by atoms with Gasteiger partial charge in [-0.25, -0.2) is 0 Å². The molecule has 2 aromatic rings. The molecule has 1 atom stereocenters. The van der Waals surface area contributed by atoms with E-state index in [0.717, 1.165) is 29.9 Å². The van der Waals surface area contributed by atoms with Crippen molar-refractivity contribution in [1.82, 2.24) is 4.57 Å². The number of halogens is 1. The molecule has 0 saturated heterocycles. The molecule has 78 valence electrons. The van der Waals surface area contributed by atoms with E-state index in [9.17, 15) is 0 Å². The number of nitrogens with zero attached hydrogens (tertiary/aromatic N) is 1. The van der Waals surface area contributed by atoms with Crippen molar-refractivity contribution >= 4 is 22.5 Å². The fourth-order valence-corrected chi connectivity index (χ4v) is 2.75. The maximum atomic E-state index is 6.17. The minimum absolute atomic E-state index is 0.508. The number of aromatic nitrogens is 1. The maximum Gasteiger partial charge on any atom is 0.0499 e. The predicted molar refractivity (Wildman–Crippen MR) is 63.4 cm³/mol. The molecule has 0 fully saturated rings. The fraction of sp³-hybridized carbons (Fsp3) is 0.333. The van der Waals surface area contributed by atoms with Gasteiger partial charge in [0.1, 0.15) is 0 Å². The van der Waals surface area contributed by atoms with Gasteiger partial charge < -0.3 is 10.3 Å². The molecule has 15 heavy (non-hydrogen) atoms. The third kappa shape index (κ3) is 1.22. The Labute approximate surface area is 93.6 Å². The Bertz CT molecular complexity index is 516. The van der Waals surface area contributed by atoms with Gasteiger partial charge >= 0.3 is 0 Å². The first-order valence-corrected chi connectivity index (χ1v) is 5.67. The standard InChI is InChI=1S/C12H13ClN2/c13-10-2-1-3-11-9(10)6-12-8(7-14)4-5-15(11)12/h1-3,6,8H,4-5,7,14H2. The molecule has 2 nitrogen and oxygen atoms in total. The van der Waals surface area contributed by atoms with Crippen LogP contribution in [0, 0.1) is 0 Å². The van der Waals surface area contributed by atoms with Crippen LogP contribution in [0.4, 0.5) is 0 Å². The van der Waals surface area contributed by atoms with Crippen LogP contribution in [0.5, 0.6) is 0 Å². The average molecular weight is 221 g/mol. The fourth-order valence-electron chi connectivity index (χ4n) is 2.53. The molecule has 1 aromatic carbocycles. The number of hydrogen-bond donors (Lipinski definition) is 1. The molecule has 0 aliphatic carbocycles. The first kappa shape index (κ1) is 9.25. The number of nitrogens with two attached hydrogens (primary N) is 1. The molecule has 2 N–H and O–H groups in total. The van der Waals surface area contributed by atoms with Gasteiger partial charge in [0, 0.05) is 40.6 Å². The van der Waals surface area contributed by atoms with E-state index in [-0.39, 0.29) is 0 Å².